The molecule has 0 radical (unpaired) electrons. The summed E-state index contributed by atoms with van der Waals surface area (Å²) in [6.45, 7) is 2.43. The van der Waals surface area contributed by atoms with Gasteiger partial charge in [0.2, 0.25) is 0 Å². The highest BCUT2D eigenvalue weighted by molar-refractivity contribution is 5.49. The predicted molar refractivity (Wildman–Crippen MR) is 57.9 cm³/mol. The molecule has 0 saturated carbocycles. The van der Waals surface area contributed by atoms with Crippen molar-refractivity contribution < 1.29 is 4.39 Å². The van der Waals surface area contributed by atoms with Crippen LogP contribution in [0.3, 0.4) is 0 Å². The Hall–Kier alpha value is -1.60. The summed E-state index contributed by atoms with van der Waals surface area (Å²) >= 11 is 0. The topological polar surface area (TPSA) is 61.8 Å². The molecular weight excluding hydrogens is 193 g/mol. The average Bonchev–Trinajstić information content (AvgIpc) is 2.27. The number of rotatable bonds is 4. The second-order valence-electron chi connectivity index (χ2n) is 3.29. The maximum atomic E-state index is 13.4. The third kappa shape index (κ3) is 2.93. The fourth-order valence-corrected chi connectivity index (χ4v) is 1.25. The molecule has 0 aliphatic carbocycles. The summed E-state index contributed by atoms with van der Waals surface area (Å²) in [4.78, 5) is 0. The van der Waals surface area contributed by atoms with E-state index in [4.69, 9.17) is 11.0 Å². The van der Waals surface area contributed by atoms with E-state index in [-0.39, 0.29) is 6.04 Å². The van der Waals surface area contributed by atoms with Crippen LogP contribution in [0.25, 0.3) is 0 Å². The predicted octanol–water partition coefficient (Wildman–Crippen LogP) is 1.85. The number of nitriles is 1. The monoisotopic (exact) mass is 207 g/mol. The smallest absolute Gasteiger partial charge is 0.147 e. The van der Waals surface area contributed by atoms with Gasteiger partial charge >= 0.3 is 0 Å². The molecule has 0 spiro atoms. The molecule has 0 fully saturated rings. The number of anilines is 1. The number of halogens is 1. The van der Waals surface area contributed by atoms with E-state index in [2.05, 4.69) is 5.32 Å². The summed E-state index contributed by atoms with van der Waals surface area (Å²) < 4.78 is 13.4. The maximum Gasteiger partial charge on any atom is 0.147 e. The summed E-state index contributed by atoms with van der Waals surface area (Å²) in [6.07, 6.45) is 0.829. The third-order valence-corrected chi connectivity index (χ3v) is 2.24. The lowest BCUT2D eigenvalue weighted by atomic mass is 10.1. The number of benzene rings is 1. The van der Waals surface area contributed by atoms with E-state index in [1.165, 1.54) is 6.07 Å². The molecule has 1 aromatic rings. The quantitative estimate of drug-likeness (QED) is 0.792. The zero-order valence-corrected chi connectivity index (χ0v) is 8.63. The van der Waals surface area contributed by atoms with Gasteiger partial charge in [0, 0.05) is 12.6 Å². The first kappa shape index (κ1) is 11.5. The molecule has 0 saturated heterocycles. The second kappa shape index (κ2) is 5.32. The lowest BCUT2D eigenvalue weighted by Crippen LogP contribution is -2.28. The third-order valence-electron chi connectivity index (χ3n) is 2.24. The Morgan fingerprint density at radius 3 is 2.80 bits per heavy atom. The zero-order valence-electron chi connectivity index (χ0n) is 8.63. The molecule has 0 amide bonds. The fraction of sp³-hybridized carbons (Fsp3) is 0.364. The average molecular weight is 207 g/mol. The van der Waals surface area contributed by atoms with E-state index < -0.39 is 5.82 Å². The van der Waals surface area contributed by atoms with Gasteiger partial charge in [-0.05, 0) is 24.6 Å². The molecule has 0 aliphatic rings. The molecule has 0 bridgehead atoms. The molecule has 3 nitrogen and oxygen atoms in total. The molecule has 1 aromatic carbocycles. The van der Waals surface area contributed by atoms with Crippen molar-refractivity contribution in [3.05, 3.63) is 29.6 Å². The molecule has 1 rings (SSSR count). The van der Waals surface area contributed by atoms with Crippen molar-refractivity contribution in [3.63, 3.8) is 0 Å². The van der Waals surface area contributed by atoms with Gasteiger partial charge in [0.25, 0.3) is 0 Å². The van der Waals surface area contributed by atoms with Crippen LogP contribution in [0.5, 0.6) is 0 Å². The summed E-state index contributed by atoms with van der Waals surface area (Å²) in [5.74, 6) is -0.416. The summed E-state index contributed by atoms with van der Waals surface area (Å²) in [6, 6.07) is 6.30. The minimum Gasteiger partial charge on any atom is -0.379 e. The van der Waals surface area contributed by atoms with Gasteiger partial charge in [-0.25, -0.2) is 4.39 Å². The molecular formula is C11H14FN3. The van der Waals surface area contributed by atoms with Crippen LogP contribution in [0.1, 0.15) is 18.9 Å². The minimum atomic E-state index is -0.416. The molecule has 1 atom stereocenters. The highest BCUT2D eigenvalue weighted by Crippen LogP contribution is 2.16. The Kier molecular flexibility index (Phi) is 4.07. The first-order valence-corrected chi connectivity index (χ1v) is 4.87. The number of nitrogens with zero attached hydrogens (tertiary/aromatic N) is 1. The van der Waals surface area contributed by atoms with Gasteiger partial charge < -0.3 is 11.1 Å². The van der Waals surface area contributed by atoms with Crippen LogP contribution in [0.4, 0.5) is 10.1 Å². The van der Waals surface area contributed by atoms with Crippen LogP contribution < -0.4 is 11.1 Å². The molecule has 0 aliphatic heterocycles. The van der Waals surface area contributed by atoms with E-state index in [1.54, 1.807) is 12.1 Å². The van der Waals surface area contributed by atoms with Crippen LogP contribution in [-0.2, 0) is 0 Å². The Morgan fingerprint density at radius 1 is 1.60 bits per heavy atom. The Labute approximate surface area is 88.7 Å². The molecule has 0 heterocycles. The second-order valence-corrected chi connectivity index (χ2v) is 3.29. The van der Waals surface area contributed by atoms with Crippen molar-refractivity contribution in [2.75, 3.05) is 11.9 Å². The summed E-state index contributed by atoms with van der Waals surface area (Å²) in [5.41, 5.74) is 6.21. The van der Waals surface area contributed by atoms with Crippen LogP contribution in [0.2, 0.25) is 0 Å². The van der Waals surface area contributed by atoms with Crippen molar-refractivity contribution in [2.24, 2.45) is 5.73 Å². The number of hydrogen-bond acceptors (Lipinski definition) is 3. The van der Waals surface area contributed by atoms with Crippen molar-refractivity contribution in [3.8, 4) is 6.07 Å². The standard InChI is InChI=1S/C11H14FN3/c1-2-9(7-14)15-11-4-3-8(6-13)5-10(11)12/h3-5,9,15H,2,7,14H2,1H3. The summed E-state index contributed by atoms with van der Waals surface area (Å²) in [7, 11) is 0. The van der Waals surface area contributed by atoms with Gasteiger partial charge in [-0.3, -0.25) is 0 Å². The first-order chi connectivity index (χ1) is 7.21. The molecule has 0 aromatic heterocycles. The largest absolute Gasteiger partial charge is 0.379 e. The first-order valence-electron chi connectivity index (χ1n) is 4.87. The van der Waals surface area contributed by atoms with E-state index in [1.807, 2.05) is 13.0 Å². The molecule has 15 heavy (non-hydrogen) atoms. The normalized spacial score (nSPS) is 11.9. The van der Waals surface area contributed by atoms with Crippen LogP contribution in [0, 0.1) is 17.1 Å². The molecule has 1 unspecified atom stereocenters. The van der Waals surface area contributed by atoms with Gasteiger partial charge in [-0.1, -0.05) is 6.92 Å². The zero-order chi connectivity index (χ0) is 11.3. The van der Waals surface area contributed by atoms with Crippen molar-refractivity contribution in [2.45, 2.75) is 19.4 Å². The van der Waals surface area contributed by atoms with Gasteiger partial charge in [-0.2, -0.15) is 5.26 Å². The van der Waals surface area contributed by atoms with E-state index in [9.17, 15) is 4.39 Å². The number of nitrogens with two attached hydrogens (primary N) is 1. The van der Waals surface area contributed by atoms with Crippen LogP contribution in [-0.4, -0.2) is 12.6 Å². The highest BCUT2D eigenvalue weighted by Gasteiger charge is 2.07. The number of nitrogens with one attached hydrogen (secondary N) is 1. The van der Waals surface area contributed by atoms with Crippen molar-refractivity contribution in [1.82, 2.24) is 0 Å². The van der Waals surface area contributed by atoms with Crippen molar-refractivity contribution >= 4 is 5.69 Å². The Balaban J connectivity index is 2.83. The minimum absolute atomic E-state index is 0.0624. The number of hydrogen-bond donors (Lipinski definition) is 2. The van der Waals surface area contributed by atoms with Gasteiger partial charge in [-0.15, -0.1) is 0 Å². The molecule has 80 valence electrons. The maximum absolute atomic E-state index is 13.4. The summed E-state index contributed by atoms with van der Waals surface area (Å²) in [5, 5.41) is 11.6. The van der Waals surface area contributed by atoms with Crippen LogP contribution >= 0.6 is 0 Å². The Morgan fingerprint density at radius 2 is 2.33 bits per heavy atom. The lowest BCUT2D eigenvalue weighted by molar-refractivity contribution is 0.620. The highest BCUT2D eigenvalue weighted by atomic mass is 19.1. The molecule has 3 N–H and O–H groups in total. The Bertz CT molecular complexity index is 367. The van der Waals surface area contributed by atoms with E-state index in [0.717, 1.165) is 6.42 Å². The van der Waals surface area contributed by atoms with Gasteiger partial charge in [0.15, 0.2) is 0 Å². The van der Waals surface area contributed by atoms with Crippen LogP contribution in [0.15, 0.2) is 18.2 Å². The van der Waals surface area contributed by atoms with E-state index >= 15 is 0 Å². The SMILES string of the molecule is CCC(CN)Nc1ccc(C#N)cc1F. The van der Waals surface area contributed by atoms with Gasteiger partial charge in [0.05, 0.1) is 17.3 Å². The van der Waals surface area contributed by atoms with Gasteiger partial charge in [0.1, 0.15) is 5.82 Å². The van der Waals surface area contributed by atoms with E-state index in [0.29, 0.717) is 17.8 Å². The fourth-order valence-electron chi connectivity index (χ4n) is 1.25. The lowest BCUT2D eigenvalue weighted by Gasteiger charge is -2.16. The van der Waals surface area contributed by atoms with Crippen molar-refractivity contribution in [1.29, 1.82) is 5.26 Å². The molecule has 4 heteroatoms.